The van der Waals surface area contributed by atoms with Crippen LogP contribution in [0.2, 0.25) is 0 Å². The smallest absolute Gasteiger partial charge is 0.148 e. The van der Waals surface area contributed by atoms with Crippen LogP contribution in [0.15, 0.2) is 70.9 Å². The Hall–Kier alpha value is -3.12. The van der Waals surface area contributed by atoms with E-state index in [0.717, 1.165) is 22.6 Å². The fourth-order valence-electron chi connectivity index (χ4n) is 3.54. The Labute approximate surface area is 164 Å². The monoisotopic (exact) mass is 376 g/mol. The molecule has 2 heterocycles. The van der Waals surface area contributed by atoms with E-state index in [4.69, 9.17) is 10.5 Å². The molecule has 2 aromatic carbocycles. The third kappa shape index (κ3) is 3.51. The Morgan fingerprint density at radius 1 is 1.18 bits per heavy atom. The number of nitrogens with zero attached hydrogens (tertiary/aromatic N) is 3. The van der Waals surface area contributed by atoms with E-state index in [-0.39, 0.29) is 6.04 Å². The fourth-order valence-corrected chi connectivity index (χ4v) is 3.54. The summed E-state index contributed by atoms with van der Waals surface area (Å²) in [5.41, 5.74) is 8.80. The number of amidine groups is 1. The van der Waals surface area contributed by atoms with Gasteiger partial charge in [0.15, 0.2) is 0 Å². The number of β-amino-alcohol motifs (C(OH)–C–C–N with tert-alkyl or cyclic N) is 1. The molecule has 0 amide bonds. The summed E-state index contributed by atoms with van der Waals surface area (Å²) in [7, 11) is 0. The Morgan fingerprint density at radius 3 is 2.64 bits per heavy atom. The second kappa shape index (κ2) is 6.80. The maximum absolute atomic E-state index is 10.3. The van der Waals surface area contributed by atoms with E-state index in [9.17, 15) is 5.11 Å². The van der Waals surface area contributed by atoms with Gasteiger partial charge in [0.25, 0.3) is 0 Å². The molecule has 2 aromatic rings. The molecule has 3 N–H and O–H groups in total. The predicted octanol–water partition coefficient (Wildman–Crippen LogP) is 3.31. The second-order valence-corrected chi connectivity index (χ2v) is 7.75. The van der Waals surface area contributed by atoms with E-state index in [0.29, 0.717) is 30.5 Å². The van der Waals surface area contributed by atoms with Crippen molar-refractivity contribution in [1.82, 2.24) is 4.90 Å². The van der Waals surface area contributed by atoms with Crippen LogP contribution in [-0.4, -0.2) is 33.7 Å². The average molecular weight is 376 g/mol. The molecule has 0 bridgehead atoms. The van der Waals surface area contributed by atoms with E-state index < -0.39 is 5.60 Å². The van der Waals surface area contributed by atoms with Crippen LogP contribution in [0, 0.1) is 0 Å². The van der Waals surface area contributed by atoms with Crippen molar-refractivity contribution in [3.8, 4) is 5.75 Å². The zero-order valence-corrected chi connectivity index (χ0v) is 16.1. The highest BCUT2D eigenvalue weighted by atomic mass is 16.5. The standard InChI is InChI=1S/C22H24N4O2/c1-14-24-19-20(26(14)13-22(2,3)27)17-10-9-16(11-18(17)25-21(19)23)28-12-15-7-5-4-6-8-15/h4-11,20,27H,1,12-13H2,2-3H3,(H2,23,25). The molecule has 144 valence electrons. The molecule has 0 spiro atoms. The number of nitrogens with two attached hydrogens (primary N) is 1. The second-order valence-electron chi connectivity index (χ2n) is 7.75. The molecule has 6 heteroatoms. The normalized spacial score (nSPS) is 18.3. The largest absolute Gasteiger partial charge is 0.489 e. The molecule has 0 saturated heterocycles. The van der Waals surface area contributed by atoms with Gasteiger partial charge in [0, 0.05) is 18.2 Å². The Balaban J connectivity index is 1.62. The molecular formula is C22H24N4O2. The average Bonchev–Trinajstić information content (AvgIpc) is 2.96. The van der Waals surface area contributed by atoms with Gasteiger partial charge in [0.1, 0.15) is 35.8 Å². The summed E-state index contributed by atoms with van der Waals surface area (Å²) >= 11 is 0. The molecule has 6 nitrogen and oxygen atoms in total. The van der Waals surface area contributed by atoms with Crippen LogP contribution in [0.5, 0.6) is 5.75 Å². The number of rotatable bonds is 5. The lowest BCUT2D eigenvalue weighted by Gasteiger charge is -2.34. The summed E-state index contributed by atoms with van der Waals surface area (Å²) in [4.78, 5) is 11.0. The molecule has 0 saturated carbocycles. The van der Waals surface area contributed by atoms with Crippen LogP contribution < -0.4 is 10.5 Å². The van der Waals surface area contributed by atoms with Crippen molar-refractivity contribution in [2.24, 2.45) is 15.7 Å². The van der Waals surface area contributed by atoms with Crippen molar-refractivity contribution in [1.29, 1.82) is 0 Å². The zero-order valence-electron chi connectivity index (χ0n) is 16.1. The summed E-state index contributed by atoms with van der Waals surface area (Å²) in [6, 6.07) is 15.6. The number of fused-ring (bicyclic) bond motifs is 3. The quantitative estimate of drug-likeness (QED) is 0.839. The molecule has 1 atom stereocenters. The Kier molecular flexibility index (Phi) is 4.43. The first kappa shape index (κ1) is 18.3. The number of hydrogen-bond acceptors (Lipinski definition) is 6. The van der Waals surface area contributed by atoms with E-state index in [2.05, 4.69) is 16.6 Å². The molecule has 0 aliphatic carbocycles. The molecule has 0 fully saturated rings. The van der Waals surface area contributed by atoms with Crippen LogP contribution in [0.25, 0.3) is 0 Å². The van der Waals surface area contributed by atoms with Gasteiger partial charge >= 0.3 is 0 Å². The third-order valence-corrected chi connectivity index (χ3v) is 4.76. The van der Waals surface area contributed by atoms with E-state index in [1.165, 1.54) is 0 Å². The van der Waals surface area contributed by atoms with Gasteiger partial charge in [0.2, 0.25) is 0 Å². The van der Waals surface area contributed by atoms with Crippen molar-refractivity contribution in [2.75, 3.05) is 6.54 Å². The van der Waals surface area contributed by atoms with Gasteiger partial charge in [-0.3, -0.25) is 0 Å². The van der Waals surface area contributed by atoms with Gasteiger partial charge in [-0.1, -0.05) is 43.0 Å². The minimum atomic E-state index is -0.893. The first-order chi connectivity index (χ1) is 13.3. The van der Waals surface area contributed by atoms with Crippen LogP contribution >= 0.6 is 0 Å². The maximum atomic E-state index is 10.3. The highest BCUT2D eigenvalue weighted by molar-refractivity contribution is 6.45. The molecule has 2 aliphatic rings. The summed E-state index contributed by atoms with van der Waals surface area (Å²) < 4.78 is 5.92. The zero-order chi connectivity index (χ0) is 19.9. The number of aliphatic imine (C=N–C) groups is 2. The van der Waals surface area contributed by atoms with Crippen molar-refractivity contribution in [3.05, 3.63) is 72.1 Å². The van der Waals surface area contributed by atoms with Crippen molar-refractivity contribution in [2.45, 2.75) is 32.1 Å². The summed E-state index contributed by atoms with van der Waals surface area (Å²) in [6.07, 6.45) is 0. The highest BCUT2D eigenvalue weighted by Crippen LogP contribution is 2.42. The molecule has 1 unspecified atom stereocenters. The number of hydrogen-bond donors (Lipinski definition) is 2. The maximum Gasteiger partial charge on any atom is 0.148 e. The van der Waals surface area contributed by atoms with E-state index in [1.807, 2.05) is 53.4 Å². The summed E-state index contributed by atoms with van der Waals surface area (Å²) in [5.74, 6) is 1.68. The first-order valence-electron chi connectivity index (χ1n) is 9.23. The lowest BCUT2D eigenvalue weighted by molar-refractivity contribution is 0.0438. The molecule has 4 rings (SSSR count). The lowest BCUT2D eigenvalue weighted by atomic mass is 9.95. The summed E-state index contributed by atoms with van der Waals surface area (Å²) in [5, 5.41) is 10.3. The first-order valence-corrected chi connectivity index (χ1v) is 9.23. The Bertz CT molecular complexity index is 974. The van der Waals surface area contributed by atoms with Crippen LogP contribution in [-0.2, 0) is 6.61 Å². The van der Waals surface area contributed by atoms with E-state index >= 15 is 0 Å². The lowest BCUT2D eigenvalue weighted by Crippen LogP contribution is -2.42. The van der Waals surface area contributed by atoms with Gasteiger partial charge in [-0.2, -0.15) is 0 Å². The fraction of sp³-hybridized carbons (Fsp3) is 0.273. The molecular weight excluding hydrogens is 352 g/mol. The SMILES string of the molecule is C=C1N=C2C(N)=Nc3cc(OCc4ccccc4)ccc3C2N1CC(C)(C)O. The molecule has 2 aliphatic heterocycles. The predicted molar refractivity (Wildman–Crippen MR) is 111 cm³/mol. The third-order valence-electron chi connectivity index (χ3n) is 4.76. The van der Waals surface area contributed by atoms with Gasteiger partial charge in [-0.05, 0) is 25.5 Å². The van der Waals surface area contributed by atoms with Gasteiger partial charge < -0.3 is 20.5 Å². The minimum absolute atomic E-state index is 0.199. The van der Waals surface area contributed by atoms with Gasteiger partial charge in [0.05, 0.1) is 11.3 Å². The molecule has 0 aromatic heterocycles. The number of benzene rings is 2. The van der Waals surface area contributed by atoms with Gasteiger partial charge in [-0.25, -0.2) is 9.98 Å². The van der Waals surface area contributed by atoms with Crippen molar-refractivity contribution >= 4 is 17.2 Å². The van der Waals surface area contributed by atoms with E-state index in [1.54, 1.807) is 13.8 Å². The number of aliphatic hydroxyl groups is 1. The van der Waals surface area contributed by atoms with Crippen LogP contribution in [0.3, 0.4) is 0 Å². The van der Waals surface area contributed by atoms with Crippen LogP contribution in [0.1, 0.15) is 31.0 Å². The molecule has 0 radical (unpaired) electrons. The molecule has 28 heavy (non-hydrogen) atoms. The summed E-state index contributed by atoms with van der Waals surface area (Å²) in [6.45, 7) is 8.43. The van der Waals surface area contributed by atoms with Crippen molar-refractivity contribution < 1.29 is 9.84 Å². The van der Waals surface area contributed by atoms with Gasteiger partial charge in [-0.15, -0.1) is 0 Å². The minimum Gasteiger partial charge on any atom is -0.489 e. The number of ether oxygens (including phenoxy) is 1. The topological polar surface area (TPSA) is 83.4 Å². The Morgan fingerprint density at radius 2 is 1.93 bits per heavy atom. The highest BCUT2D eigenvalue weighted by Gasteiger charge is 2.40. The van der Waals surface area contributed by atoms with Crippen molar-refractivity contribution in [3.63, 3.8) is 0 Å². The van der Waals surface area contributed by atoms with Crippen LogP contribution in [0.4, 0.5) is 5.69 Å².